The number of fused-ring (bicyclic) bond motifs is 1. The van der Waals surface area contributed by atoms with Gasteiger partial charge in [0.1, 0.15) is 5.75 Å². The lowest BCUT2D eigenvalue weighted by molar-refractivity contribution is 0.112. The van der Waals surface area contributed by atoms with Gasteiger partial charge in [0.05, 0.1) is 6.61 Å². The van der Waals surface area contributed by atoms with Crippen molar-refractivity contribution in [3.8, 4) is 5.75 Å². The van der Waals surface area contributed by atoms with Crippen molar-refractivity contribution < 1.29 is 9.53 Å². The van der Waals surface area contributed by atoms with Crippen LogP contribution in [0.4, 0.5) is 0 Å². The summed E-state index contributed by atoms with van der Waals surface area (Å²) in [5, 5.41) is 0.980. The monoisotopic (exact) mass is 371 g/mol. The Balaban J connectivity index is 1.65. The fraction of sp³-hybridized carbons (Fsp3) is 0.211. The highest BCUT2D eigenvalue weighted by Gasteiger charge is 2.08. The van der Waals surface area contributed by atoms with E-state index in [-0.39, 0.29) is 0 Å². The van der Waals surface area contributed by atoms with Crippen LogP contribution in [0, 0.1) is 6.92 Å². The van der Waals surface area contributed by atoms with E-state index in [1.54, 1.807) is 0 Å². The molecule has 2 aromatic carbocycles. The molecular weight excluding hydrogens is 354 g/mol. The van der Waals surface area contributed by atoms with Gasteiger partial charge in [-0.1, -0.05) is 33.6 Å². The summed E-state index contributed by atoms with van der Waals surface area (Å²) in [6, 6.07) is 14.1. The minimum atomic E-state index is 0.648. The number of hydrogen-bond donors (Lipinski definition) is 0. The van der Waals surface area contributed by atoms with Gasteiger partial charge < -0.3 is 9.30 Å². The molecule has 0 amide bonds. The molecule has 0 spiro atoms. The van der Waals surface area contributed by atoms with E-state index in [0.717, 1.165) is 45.9 Å². The first-order valence-corrected chi connectivity index (χ1v) is 8.40. The van der Waals surface area contributed by atoms with Crippen LogP contribution in [0.5, 0.6) is 5.75 Å². The van der Waals surface area contributed by atoms with Gasteiger partial charge in [0, 0.05) is 33.7 Å². The standard InChI is InChI=1S/C19H18BrNO2/c1-14-3-6-17(7-4-14)23-10-2-9-21-12-15(13-22)18-11-16(20)5-8-19(18)21/h3-8,11-13H,2,9-10H2,1H3. The lowest BCUT2D eigenvalue weighted by Crippen LogP contribution is -2.03. The number of ether oxygens (including phenoxy) is 1. The highest BCUT2D eigenvalue weighted by atomic mass is 79.9. The Kier molecular flexibility index (Phi) is 4.82. The maximum atomic E-state index is 11.2. The van der Waals surface area contributed by atoms with Crippen molar-refractivity contribution in [2.75, 3.05) is 6.61 Å². The SMILES string of the molecule is Cc1ccc(OCCCn2cc(C=O)c3cc(Br)ccc32)cc1. The number of carbonyl (C=O) groups excluding carboxylic acids is 1. The molecule has 0 saturated heterocycles. The molecule has 3 aromatic rings. The number of halogens is 1. The summed E-state index contributed by atoms with van der Waals surface area (Å²) in [5.74, 6) is 0.894. The van der Waals surface area contributed by atoms with Gasteiger partial charge in [-0.3, -0.25) is 4.79 Å². The first-order chi connectivity index (χ1) is 11.2. The van der Waals surface area contributed by atoms with Gasteiger partial charge in [0.25, 0.3) is 0 Å². The fourth-order valence-corrected chi connectivity index (χ4v) is 3.00. The molecule has 0 N–H and O–H groups in total. The summed E-state index contributed by atoms with van der Waals surface area (Å²) < 4.78 is 8.85. The van der Waals surface area contributed by atoms with Crippen molar-refractivity contribution in [3.05, 3.63) is 64.3 Å². The molecule has 0 bridgehead atoms. The molecule has 4 heteroatoms. The van der Waals surface area contributed by atoms with E-state index < -0.39 is 0 Å². The molecule has 0 fully saturated rings. The summed E-state index contributed by atoms with van der Waals surface area (Å²) >= 11 is 3.45. The van der Waals surface area contributed by atoms with Crippen LogP contribution < -0.4 is 4.74 Å². The minimum Gasteiger partial charge on any atom is -0.494 e. The van der Waals surface area contributed by atoms with Crippen molar-refractivity contribution >= 4 is 33.1 Å². The van der Waals surface area contributed by atoms with Crippen molar-refractivity contribution in [1.82, 2.24) is 4.57 Å². The van der Waals surface area contributed by atoms with E-state index in [4.69, 9.17) is 4.74 Å². The van der Waals surface area contributed by atoms with Gasteiger partial charge in [-0.05, 0) is 43.7 Å². The normalized spacial score (nSPS) is 10.9. The van der Waals surface area contributed by atoms with Crippen LogP contribution in [-0.2, 0) is 6.54 Å². The fourth-order valence-electron chi connectivity index (χ4n) is 2.64. The van der Waals surface area contributed by atoms with Gasteiger partial charge in [-0.15, -0.1) is 0 Å². The smallest absolute Gasteiger partial charge is 0.152 e. The molecular formula is C19H18BrNO2. The summed E-state index contributed by atoms with van der Waals surface area (Å²) in [6.07, 6.45) is 3.70. The molecule has 1 aromatic heterocycles. The molecule has 0 saturated carbocycles. The van der Waals surface area contributed by atoms with E-state index in [2.05, 4.69) is 27.4 Å². The Morgan fingerprint density at radius 1 is 1.17 bits per heavy atom. The molecule has 23 heavy (non-hydrogen) atoms. The molecule has 1 heterocycles. The van der Waals surface area contributed by atoms with Crippen molar-refractivity contribution in [1.29, 1.82) is 0 Å². The van der Waals surface area contributed by atoms with Crippen LogP contribution in [0.15, 0.2) is 53.1 Å². The maximum Gasteiger partial charge on any atom is 0.152 e. The third-order valence-electron chi connectivity index (χ3n) is 3.83. The Morgan fingerprint density at radius 2 is 1.96 bits per heavy atom. The Hall–Kier alpha value is -2.07. The van der Waals surface area contributed by atoms with E-state index in [1.165, 1.54) is 5.56 Å². The number of aromatic nitrogens is 1. The summed E-state index contributed by atoms with van der Waals surface area (Å²) in [4.78, 5) is 11.2. The van der Waals surface area contributed by atoms with Crippen LogP contribution in [0.25, 0.3) is 10.9 Å². The van der Waals surface area contributed by atoms with Crippen molar-refractivity contribution in [3.63, 3.8) is 0 Å². The molecule has 0 aliphatic rings. The molecule has 118 valence electrons. The minimum absolute atomic E-state index is 0.648. The molecule has 3 rings (SSSR count). The average Bonchev–Trinajstić information content (AvgIpc) is 2.90. The number of nitrogens with zero attached hydrogens (tertiary/aromatic N) is 1. The highest BCUT2D eigenvalue weighted by Crippen LogP contribution is 2.24. The molecule has 0 atom stereocenters. The third-order valence-corrected chi connectivity index (χ3v) is 4.33. The zero-order chi connectivity index (χ0) is 16.2. The van der Waals surface area contributed by atoms with E-state index in [9.17, 15) is 4.79 Å². The van der Waals surface area contributed by atoms with Gasteiger partial charge in [-0.25, -0.2) is 0 Å². The first kappa shape index (κ1) is 15.8. The summed E-state index contributed by atoms with van der Waals surface area (Å²) in [5.41, 5.74) is 3.02. The largest absolute Gasteiger partial charge is 0.494 e. The first-order valence-electron chi connectivity index (χ1n) is 7.60. The molecule has 3 nitrogen and oxygen atoms in total. The Labute approximate surface area is 144 Å². The average molecular weight is 372 g/mol. The topological polar surface area (TPSA) is 31.2 Å². The summed E-state index contributed by atoms with van der Waals surface area (Å²) in [6.45, 7) is 3.53. The number of hydrogen-bond acceptors (Lipinski definition) is 2. The summed E-state index contributed by atoms with van der Waals surface area (Å²) in [7, 11) is 0. The van der Waals surface area contributed by atoms with E-state index >= 15 is 0 Å². The lowest BCUT2D eigenvalue weighted by Gasteiger charge is -2.08. The van der Waals surface area contributed by atoms with Crippen LogP contribution in [0.3, 0.4) is 0 Å². The molecule has 0 radical (unpaired) electrons. The van der Waals surface area contributed by atoms with Gasteiger partial charge in [0.15, 0.2) is 6.29 Å². The maximum absolute atomic E-state index is 11.2. The zero-order valence-corrected chi connectivity index (χ0v) is 14.5. The molecule has 0 aliphatic carbocycles. The van der Waals surface area contributed by atoms with E-state index in [1.807, 2.05) is 48.7 Å². The Bertz CT molecular complexity index is 821. The Morgan fingerprint density at radius 3 is 2.70 bits per heavy atom. The number of aldehydes is 1. The second-order valence-electron chi connectivity index (χ2n) is 5.57. The number of aryl methyl sites for hydroxylation is 2. The molecule has 0 unspecified atom stereocenters. The predicted molar refractivity (Wildman–Crippen MR) is 96.3 cm³/mol. The van der Waals surface area contributed by atoms with Crippen LogP contribution >= 0.6 is 15.9 Å². The van der Waals surface area contributed by atoms with Gasteiger partial charge in [0.2, 0.25) is 0 Å². The quantitative estimate of drug-likeness (QED) is 0.451. The predicted octanol–water partition coefficient (Wildman–Crippen LogP) is 4.99. The number of rotatable bonds is 6. The van der Waals surface area contributed by atoms with Crippen molar-refractivity contribution in [2.24, 2.45) is 0 Å². The lowest BCUT2D eigenvalue weighted by atomic mass is 10.2. The van der Waals surface area contributed by atoms with Gasteiger partial charge >= 0.3 is 0 Å². The second-order valence-corrected chi connectivity index (χ2v) is 6.49. The second kappa shape index (κ2) is 7.01. The van der Waals surface area contributed by atoms with Crippen LogP contribution in [-0.4, -0.2) is 17.5 Å². The number of carbonyl (C=O) groups is 1. The van der Waals surface area contributed by atoms with Crippen molar-refractivity contribution in [2.45, 2.75) is 19.9 Å². The van der Waals surface area contributed by atoms with E-state index in [0.29, 0.717) is 6.61 Å². The van der Waals surface area contributed by atoms with Crippen LogP contribution in [0.2, 0.25) is 0 Å². The zero-order valence-electron chi connectivity index (χ0n) is 13.0. The third kappa shape index (κ3) is 3.64. The van der Waals surface area contributed by atoms with Crippen LogP contribution in [0.1, 0.15) is 22.3 Å². The number of benzene rings is 2. The van der Waals surface area contributed by atoms with Gasteiger partial charge in [-0.2, -0.15) is 0 Å². The molecule has 0 aliphatic heterocycles. The highest BCUT2D eigenvalue weighted by molar-refractivity contribution is 9.10.